The van der Waals surface area contributed by atoms with Crippen molar-refractivity contribution in [2.45, 2.75) is 32.2 Å². The lowest BCUT2D eigenvalue weighted by atomic mass is 10.1. The van der Waals surface area contributed by atoms with Crippen LogP contribution in [-0.4, -0.2) is 56.3 Å². The van der Waals surface area contributed by atoms with Gasteiger partial charge in [-0.2, -0.15) is 4.31 Å². The Kier molecular flexibility index (Phi) is 7.76. The van der Waals surface area contributed by atoms with Crippen LogP contribution in [0.5, 0.6) is 0 Å². The van der Waals surface area contributed by atoms with Crippen LogP contribution in [0.25, 0.3) is 0 Å². The summed E-state index contributed by atoms with van der Waals surface area (Å²) in [6.45, 7) is 8.16. The minimum Gasteiger partial charge on any atom is -0.368 e. The highest BCUT2D eigenvalue weighted by Crippen LogP contribution is 2.24. The van der Waals surface area contributed by atoms with Crippen molar-refractivity contribution in [2.75, 3.05) is 37.6 Å². The van der Waals surface area contributed by atoms with Crippen LogP contribution in [0.3, 0.4) is 0 Å². The average Bonchev–Trinajstić information content (AvgIpc) is 2.87. The summed E-state index contributed by atoms with van der Waals surface area (Å²) in [6, 6.07) is 18.5. The highest BCUT2D eigenvalue weighted by atomic mass is 32.2. The Labute approximate surface area is 213 Å². The van der Waals surface area contributed by atoms with Crippen LogP contribution < -0.4 is 4.90 Å². The number of benzene rings is 3. The number of carbonyl (C=O) groups is 1. The van der Waals surface area contributed by atoms with E-state index in [4.69, 9.17) is 0 Å². The smallest absolute Gasteiger partial charge is 0.243 e. The van der Waals surface area contributed by atoms with Crippen molar-refractivity contribution < 1.29 is 17.6 Å². The van der Waals surface area contributed by atoms with Crippen molar-refractivity contribution in [2.24, 2.45) is 0 Å². The maximum absolute atomic E-state index is 13.5. The third-order valence-electron chi connectivity index (χ3n) is 6.79. The van der Waals surface area contributed by atoms with Gasteiger partial charge in [-0.1, -0.05) is 42.0 Å². The number of amides is 1. The molecule has 0 radical (unpaired) electrons. The van der Waals surface area contributed by atoms with Crippen LogP contribution in [-0.2, 0) is 21.4 Å². The summed E-state index contributed by atoms with van der Waals surface area (Å²) >= 11 is 0. The van der Waals surface area contributed by atoms with Crippen LogP contribution in [0, 0.1) is 26.6 Å². The van der Waals surface area contributed by atoms with E-state index >= 15 is 0 Å². The molecule has 0 unspecified atom stereocenters. The number of carbonyl (C=O) groups excluding carboxylic acids is 1. The molecule has 1 heterocycles. The molecule has 1 saturated heterocycles. The Morgan fingerprint density at radius 3 is 2.17 bits per heavy atom. The molecule has 6 nitrogen and oxygen atoms in total. The van der Waals surface area contributed by atoms with E-state index < -0.39 is 15.8 Å². The summed E-state index contributed by atoms with van der Waals surface area (Å²) in [7, 11) is -3.94. The molecule has 1 fully saturated rings. The predicted octanol–water partition coefficient (Wildman–Crippen LogP) is 4.29. The molecule has 0 saturated carbocycles. The van der Waals surface area contributed by atoms with Crippen molar-refractivity contribution in [1.82, 2.24) is 9.21 Å². The quantitative estimate of drug-likeness (QED) is 0.477. The van der Waals surface area contributed by atoms with Gasteiger partial charge in [-0.05, 0) is 67.8 Å². The number of hydrogen-bond acceptors (Lipinski definition) is 4. The second-order valence-corrected chi connectivity index (χ2v) is 11.2. The maximum Gasteiger partial charge on any atom is 0.243 e. The van der Waals surface area contributed by atoms with Gasteiger partial charge in [0, 0.05) is 38.4 Å². The summed E-state index contributed by atoms with van der Waals surface area (Å²) in [5.41, 5.74) is 5.18. The Bertz CT molecular complexity index is 1320. The molecule has 1 aliphatic heterocycles. The molecule has 3 aromatic rings. The Morgan fingerprint density at radius 1 is 0.889 bits per heavy atom. The summed E-state index contributed by atoms with van der Waals surface area (Å²) in [5, 5.41) is 0. The number of anilines is 1. The number of nitrogens with zero attached hydrogens (tertiary/aromatic N) is 3. The number of sulfonamides is 1. The number of hydrogen-bond donors (Lipinski definition) is 0. The van der Waals surface area contributed by atoms with Crippen molar-refractivity contribution in [3.8, 4) is 0 Å². The predicted molar refractivity (Wildman–Crippen MR) is 140 cm³/mol. The third-order valence-corrected chi connectivity index (χ3v) is 8.60. The molecule has 0 spiro atoms. The molecular weight excluding hydrogens is 477 g/mol. The van der Waals surface area contributed by atoms with E-state index in [1.807, 2.05) is 13.0 Å². The van der Waals surface area contributed by atoms with E-state index in [9.17, 15) is 17.6 Å². The highest BCUT2D eigenvalue weighted by Gasteiger charge is 2.30. The largest absolute Gasteiger partial charge is 0.368 e. The van der Waals surface area contributed by atoms with Gasteiger partial charge in [-0.15, -0.1) is 0 Å². The van der Waals surface area contributed by atoms with Gasteiger partial charge < -0.3 is 9.80 Å². The van der Waals surface area contributed by atoms with Crippen molar-refractivity contribution in [3.63, 3.8) is 0 Å². The minimum atomic E-state index is -3.94. The van der Waals surface area contributed by atoms with E-state index in [1.54, 1.807) is 41.3 Å². The zero-order valence-corrected chi connectivity index (χ0v) is 21.8. The molecule has 1 amide bonds. The monoisotopic (exact) mass is 509 g/mol. The first-order chi connectivity index (χ1) is 17.1. The minimum absolute atomic E-state index is 0.0231. The first kappa shape index (κ1) is 25.9. The fraction of sp³-hybridized carbons (Fsp3) is 0.321. The summed E-state index contributed by atoms with van der Waals surface area (Å²) in [6.07, 6.45) is 0. The molecule has 0 atom stereocenters. The first-order valence-electron chi connectivity index (χ1n) is 12.1. The first-order valence-corrected chi connectivity index (χ1v) is 13.5. The lowest BCUT2D eigenvalue weighted by molar-refractivity contribution is -0.131. The Morgan fingerprint density at radius 2 is 1.53 bits per heavy atom. The molecule has 36 heavy (non-hydrogen) atoms. The molecule has 0 aliphatic carbocycles. The molecule has 8 heteroatoms. The van der Waals surface area contributed by atoms with Crippen molar-refractivity contribution in [3.05, 3.63) is 94.8 Å². The normalized spacial score (nSPS) is 14.4. The molecule has 0 N–H and O–H groups in total. The van der Waals surface area contributed by atoms with Gasteiger partial charge >= 0.3 is 0 Å². The van der Waals surface area contributed by atoms with Gasteiger partial charge in [0.15, 0.2) is 0 Å². The zero-order chi connectivity index (χ0) is 25.9. The van der Waals surface area contributed by atoms with Crippen molar-refractivity contribution >= 4 is 21.6 Å². The van der Waals surface area contributed by atoms with Gasteiger partial charge in [0.1, 0.15) is 5.82 Å². The molecule has 0 bridgehead atoms. The van der Waals surface area contributed by atoms with E-state index in [0.29, 0.717) is 31.7 Å². The van der Waals surface area contributed by atoms with E-state index in [2.05, 4.69) is 30.9 Å². The second kappa shape index (κ2) is 10.8. The molecular formula is C28H32FN3O3S. The SMILES string of the molecule is Cc1ccc(S(=O)(=O)N(CC(=O)N2CCN(c3cccc(C)c3C)CC2)Cc2ccc(F)cc2)cc1. The van der Waals surface area contributed by atoms with E-state index in [1.165, 1.54) is 33.3 Å². The van der Waals surface area contributed by atoms with Gasteiger partial charge in [0.2, 0.25) is 15.9 Å². The fourth-order valence-electron chi connectivity index (χ4n) is 4.40. The molecule has 4 rings (SSSR count). The number of rotatable bonds is 7. The van der Waals surface area contributed by atoms with Gasteiger partial charge in [-0.25, -0.2) is 12.8 Å². The molecule has 190 valence electrons. The van der Waals surface area contributed by atoms with Gasteiger partial charge in [0.25, 0.3) is 0 Å². The summed E-state index contributed by atoms with van der Waals surface area (Å²) < 4.78 is 41.6. The number of aryl methyl sites for hydroxylation is 2. The highest BCUT2D eigenvalue weighted by molar-refractivity contribution is 7.89. The Balaban J connectivity index is 1.50. The van der Waals surface area contributed by atoms with E-state index in [0.717, 1.165) is 5.56 Å². The van der Waals surface area contributed by atoms with Crippen LogP contribution >= 0.6 is 0 Å². The molecule has 3 aromatic carbocycles. The van der Waals surface area contributed by atoms with Crippen molar-refractivity contribution in [1.29, 1.82) is 0 Å². The third kappa shape index (κ3) is 5.77. The van der Waals surface area contributed by atoms with Gasteiger partial charge in [-0.3, -0.25) is 4.79 Å². The van der Waals surface area contributed by atoms with Crippen LogP contribution in [0.1, 0.15) is 22.3 Å². The van der Waals surface area contributed by atoms with E-state index in [-0.39, 0.29) is 23.9 Å². The summed E-state index contributed by atoms with van der Waals surface area (Å²) in [5.74, 6) is -0.641. The van der Waals surface area contributed by atoms with Crippen LogP contribution in [0.4, 0.5) is 10.1 Å². The number of piperazine rings is 1. The second-order valence-electron chi connectivity index (χ2n) is 9.30. The number of halogens is 1. The van der Waals surface area contributed by atoms with Gasteiger partial charge in [0.05, 0.1) is 11.4 Å². The zero-order valence-electron chi connectivity index (χ0n) is 20.9. The molecule has 1 aliphatic rings. The lowest BCUT2D eigenvalue weighted by Gasteiger charge is -2.37. The van der Waals surface area contributed by atoms with Crippen LogP contribution in [0.15, 0.2) is 71.6 Å². The standard InChI is InChI=1S/C28H32FN3O3S/c1-21-7-13-26(14-8-21)36(34,35)32(19-24-9-11-25(29)12-10-24)20-28(33)31-17-15-30(16-18-31)27-6-4-5-22(2)23(27)3/h4-14H,15-20H2,1-3H3. The summed E-state index contributed by atoms with van der Waals surface area (Å²) in [4.78, 5) is 17.4. The molecule has 0 aromatic heterocycles. The van der Waals surface area contributed by atoms with Crippen LogP contribution in [0.2, 0.25) is 0 Å². The fourth-order valence-corrected chi connectivity index (χ4v) is 5.78. The maximum atomic E-state index is 13.5. The lowest BCUT2D eigenvalue weighted by Crippen LogP contribution is -2.52. The average molecular weight is 510 g/mol. The Hall–Kier alpha value is -3.23. The topological polar surface area (TPSA) is 60.9 Å².